The molecule has 3 fully saturated rings. The summed E-state index contributed by atoms with van der Waals surface area (Å²) in [4.78, 5) is 31.0. The van der Waals surface area contributed by atoms with Crippen LogP contribution in [0.25, 0.3) is 0 Å². The van der Waals surface area contributed by atoms with E-state index in [2.05, 4.69) is 34.5 Å². The molecule has 2 aromatic carbocycles. The first-order valence-electron chi connectivity index (χ1n) is 12.2. The molecule has 3 amide bonds. The standard InChI is InChI=1S/C27H32FN3O2/c28-23-12-10-20(11-13-23)18-27(25(32)31(26(33)29-27)24-8-4-5-9-24)22-14-16-30(17-15-22)19-21-6-2-1-3-7-21/h1-3,6-7,10-13,22,24H,4-5,8-9,14-19H2,(H,29,33). The number of likely N-dealkylation sites (tertiary alicyclic amines) is 1. The predicted octanol–water partition coefficient (Wildman–Crippen LogP) is 4.51. The Kier molecular flexibility index (Phi) is 6.19. The highest BCUT2D eigenvalue weighted by atomic mass is 19.1. The molecule has 1 aliphatic carbocycles. The number of carbonyl (C=O) groups excluding carboxylic acids is 2. The molecule has 0 aromatic heterocycles. The van der Waals surface area contributed by atoms with E-state index in [-0.39, 0.29) is 29.7 Å². The SMILES string of the molecule is O=C1NC(Cc2ccc(F)cc2)(C2CCN(Cc3ccccc3)CC2)C(=O)N1C1CCCC1. The summed E-state index contributed by atoms with van der Waals surface area (Å²) in [7, 11) is 0. The normalized spacial score (nSPS) is 25.1. The van der Waals surface area contributed by atoms with E-state index in [9.17, 15) is 14.0 Å². The van der Waals surface area contributed by atoms with Gasteiger partial charge in [-0.05, 0) is 68.0 Å². The fourth-order valence-corrected chi connectivity index (χ4v) is 6.00. The highest BCUT2D eigenvalue weighted by Gasteiger charge is 2.57. The minimum Gasteiger partial charge on any atom is -0.322 e. The lowest BCUT2D eigenvalue weighted by atomic mass is 9.73. The summed E-state index contributed by atoms with van der Waals surface area (Å²) in [5.41, 5.74) is 1.22. The molecule has 3 aliphatic rings. The van der Waals surface area contributed by atoms with Crippen LogP contribution in [0.5, 0.6) is 0 Å². The maximum absolute atomic E-state index is 13.9. The average molecular weight is 450 g/mol. The summed E-state index contributed by atoms with van der Waals surface area (Å²) >= 11 is 0. The third kappa shape index (κ3) is 4.41. The van der Waals surface area contributed by atoms with E-state index >= 15 is 0 Å². The van der Waals surface area contributed by atoms with Crippen LogP contribution < -0.4 is 5.32 Å². The van der Waals surface area contributed by atoms with Crippen molar-refractivity contribution in [2.45, 2.75) is 63.1 Å². The minimum atomic E-state index is -0.948. The second kappa shape index (κ2) is 9.26. The lowest BCUT2D eigenvalue weighted by Gasteiger charge is -2.41. The summed E-state index contributed by atoms with van der Waals surface area (Å²) in [6, 6.07) is 16.5. The number of halogens is 1. The zero-order chi connectivity index (χ0) is 22.8. The second-order valence-corrected chi connectivity index (χ2v) is 9.85. The second-order valence-electron chi connectivity index (χ2n) is 9.85. The van der Waals surface area contributed by atoms with Crippen molar-refractivity contribution in [1.82, 2.24) is 15.1 Å². The number of piperidine rings is 1. The maximum atomic E-state index is 13.9. The number of urea groups is 1. The number of hydrogen-bond acceptors (Lipinski definition) is 3. The van der Waals surface area contributed by atoms with Crippen LogP contribution in [0, 0.1) is 11.7 Å². The van der Waals surface area contributed by atoms with Crippen molar-refractivity contribution >= 4 is 11.9 Å². The molecule has 0 bridgehead atoms. The molecule has 2 heterocycles. The van der Waals surface area contributed by atoms with Gasteiger partial charge in [0.1, 0.15) is 11.4 Å². The Labute approximate surface area is 195 Å². The monoisotopic (exact) mass is 449 g/mol. The van der Waals surface area contributed by atoms with Crippen LogP contribution in [-0.2, 0) is 17.8 Å². The topological polar surface area (TPSA) is 52.7 Å². The number of nitrogens with zero attached hydrogens (tertiary/aromatic N) is 2. The third-order valence-electron chi connectivity index (χ3n) is 7.77. The van der Waals surface area contributed by atoms with Gasteiger partial charge >= 0.3 is 6.03 Å². The molecule has 0 radical (unpaired) electrons. The summed E-state index contributed by atoms with van der Waals surface area (Å²) in [6.45, 7) is 2.67. The van der Waals surface area contributed by atoms with Crippen LogP contribution in [0.2, 0.25) is 0 Å². The lowest BCUT2D eigenvalue weighted by molar-refractivity contribution is -0.135. The molecular weight excluding hydrogens is 417 g/mol. The Morgan fingerprint density at radius 2 is 1.55 bits per heavy atom. The van der Waals surface area contributed by atoms with Gasteiger partial charge in [0.2, 0.25) is 0 Å². The number of carbonyl (C=O) groups is 2. The van der Waals surface area contributed by atoms with E-state index < -0.39 is 5.54 Å². The van der Waals surface area contributed by atoms with Crippen LogP contribution in [-0.4, -0.2) is 46.4 Å². The predicted molar refractivity (Wildman–Crippen MR) is 125 cm³/mol. The van der Waals surface area contributed by atoms with Crippen molar-refractivity contribution in [2.75, 3.05) is 13.1 Å². The number of rotatable bonds is 6. The van der Waals surface area contributed by atoms with Crippen LogP contribution >= 0.6 is 0 Å². The Hall–Kier alpha value is -2.73. The van der Waals surface area contributed by atoms with Gasteiger partial charge in [-0.2, -0.15) is 0 Å². The van der Waals surface area contributed by atoms with Crippen molar-refractivity contribution in [2.24, 2.45) is 5.92 Å². The Morgan fingerprint density at radius 3 is 2.21 bits per heavy atom. The van der Waals surface area contributed by atoms with Crippen molar-refractivity contribution in [3.63, 3.8) is 0 Å². The van der Waals surface area contributed by atoms with E-state index in [1.165, 1.54) is 22.6 Å². The summed E-state index contributed by atoms with van der Waals surface area (Å²) < 4.78 is 13.5. The Morgan fingerprint density at radius 1 is 0.879 bits per heavy atom. The Balaban J connectivity index is 1.37. The molecule has 0 spiro atoms. The molecule has 5 rings (SSSR count). The Bertz CT molecular complexity index is 982. The quantitative estimate of drug-likeness (QED) is 0.660. The summed E-state index contributed by atoms with van der Waals surface area (Å²) in [6.07, 6.45) is 6.00. The molecule has 5 nitrogen and oxygen atoms in total. The van der Waals surface area contributed by atoms with E-state index in [1.807, 2.05) is 6.07 Å². The molecule has 2 saturated heterocycles. The number of amides is 3. The first-order chi connectivity index (χ1) is 16.0. The van der Waals surface area contributed by atoms with E-state index in [0.717, 1.165) is 63.7 Å². The van der Waals surface area contributed by atoms with Gasteiger partial charge in [0, 0.05) is 19.0 Å². The minimum absolute atomic E-state index is 0.00534. The first kappa shape index (κ1) is 22.1. The smallest absolute Gasteiger partial charge is 0.322 e. The van der Waals surface area contributed by atoms with E-state index in [4.69, 9.17) is 0 Å². The number of hydrogen-bond donors (Lipinski definition) is 1. The molecule has 2 aliphatic heterocycles. The zero-order valence-electron chi connectivity index (χ0n) is 19.0. The highest BCUT2D eigenvalue weighted by molar-refractivity contribution is 6.07. The lowest BCUT2D eigenvalue weighted by Crippen LogP contribution is -2.57. The number of imide groups is 1. The van der Waals surface area contributed by atoms with Crippen molar-refractivity contribution in [3.8, 4) is 0 Å². The van der Waals surface area contributed by atoms with Gasteiger partial charge in [-0.1, -0.05) is 55.3 Å². The van der Waals surface area contributed by atoms with Gasteiger partial charge in [0.05, 0.1) is 0 Å². The molecule has 1 saturated carbocycles. The molecule has 33 heavy (non-hydrogen) atoms. The van der Waals surface area contributed by atoms with E-state index in [0.29, 0.717) is 6.42 Å². The zero-order valence-corrected chi connectivity index (χ0v) is 19.0. The fraction of sp³-hybridized carbons (Fsp3) is 0.481. The first-order valence-corrected chi connectivity index (χ1v) is 12.2. The van der Waals surface area contributed by atoms with Crippen molar-refractivity contribution in [1.29, 1.82) is 0 Å². The van der Waals surface area contributed by atoms with Crippen LogP contribution in [0.1, 0.15) is 49.7 Å². The number of nitrogens with one attached hydrogen (secondary N) is 1. The maximum Gasteiger partial charge on any atom is 0.325 e. The molecule has 1 atom stereocenters. The van der Waals surface area contributed by atoms with Crippen LogP contribution in [0.15, 0.2) is 54.6 Å². The largest absolute Gasteiger partial charge is 0.325 e. The van der Waals surface area contributed by atoms with Crippen molar-refractivity contribution in [3.05, 3.63) is 71.5 Å². The third-order valence-corrected chi connectivity index (χ3v) is 7.77. The van der Waals surface area contributed by atoms with Gasteiger partial charge < -0.3 is 5.32 Å². The molecule has 6 heteroatoms. The van der Waals surface area contributed by atoms with Gasteiger partial charge in [0.25, 0.3) is 5.91 Å². The molecule has 2 aromatic rings. The van der Waals surface area contributed by atoms with Crippen LogP contribution in [0.4, 0.5) is 9.18 Å². The summed E-state index contributed by atoms with van der Waals surface area (Å²) in [5, 5.41) is 3.17. The van der Waals surface area contributed by atoms with Gasteiger partial charge in [-0.3, -0.25) is 14.6 Å². The molecule has 1 unspecified atom stereocenters. The molecule has 174 valence electrons. The van der Waals surface area contributed by atoms with Gasteiger partial charge in [-0.25, -0.2) is 9.18 Å². The molecule has 1 N–H and O–H groups in total. The number of benzene rings is 2. The summed E-state index contributed by atoms with van der Waals surface area (Å²) in [5.74, 6) is -0.320. The van der Waals surface area contributed by atoms with E-state index in [1.54, 1.807) is 12.1 Å². The fourth-order valence-electron chi connectivity index (χ4n) is 6.00. The van der Waals surface area contributed by atoms with Gasteiger partial charge in [0.15, 0.2) is 0 Å². The molecular formula is C27H32FN3O2. The van der Waals surface area contributed by atoms with Crippen LogP contribution in [0.3, 0.4) is 0 Å². The highest BCUT2D eigenvalue weighted by Crippen LogP contribution is 2.39. The van der Waals surface area contributed by atoms with Crippen molar-refractivity contribution < 1.29 is 14.0 Å². The van der Waals surface area contributed by atoms with Gasteiger partial charge in [-0.15, -0.1) is 0 Å². The average Bonchev–Trinajstić information content (AvgIpc) is 3.43.